The molecule has 1 aliphatic carbocycles. The maximum atomic E-state index is 11.5. The number of carbonyl (C=O) groups is 1. The Morgan fingerprint density at radius 2 is 1.55 bits per heavy atom. The quantitative estimate of drug-likeness (QED) is 0.127. The van der Waals surface area contributed by atoms with Crippen LogP contribution in [-0.4, -0.2) is 20.9 Å². The van der Waals surface area contributed by atoms with E-state index < -0.39 is 5.41 Å². The molecular formula is C37H43IrN2O2-. The number of aliphatic hydroxyl groups is 1. The van der Waals surface area contributed by atoms with Crippen molar-refractivity contribution in [3.05, 3.63) is 95.6 Å². The maximum Gasteiger partial charge on any atom is 0.164 e. The van der Waals surface area contributed by atoms with E-state index in [1.54, 1.807) is 0 Å². The molecule has 0 aliphatic heterocycles. The van der Waals surface area contributed by atoms with Gasteiger partial charge in [0.2, 0.25) is 0 Å². The van der Waals surface area contributed by atoms with Gasteiger partial charge >= 0.3 is 0 Å². The van der Waals surface area contributed by atoms with E-state index in [4.69, 9.17) is 4.98 Å². The number of rotatable bonds is 2. The number of fused-ring (bicyclic) bond motifs is 4. The number of carbonyl (C=O) groups excluding carboxylic acids is 1. The van der Waals surface area contributed by atoms with Crippen molar-refractivity contribution in [1.29, 1.82) is 0 Å². The topological polar surface area (TPSA) is 63.1 Å². The molecule has 2 aromatic carbocycles. The summed E-state index contributed by atoms with van der Waals surface area (Å²) >= 11 is 0. The fraction of sp³-hybridized carbons (Fsp3) is 0.378. The summed E-state index contributed by atoms with van der Waals surface area (Å²) in [6, 6.07) is 18.8. The normalized spacial score (nSPS) is 13.3. The van der Waals surface area contributed by atoms with E-state index in [-0.39, 0.29) is 42.5 Å². The first kappa shape index (κ1) is 33.4. The summed E-state index contributed by atoms with van der Waals surface area (Å²) in [4.78, 5) is 20.6. The van der Waals surface area contributed by atoms with Crippen LogP contribution in [0.25, 0.3) is 33.2 Å². The van der Waals surface area contributed by atoms with Gasteiger partial charge in [-0.3, -0.25) is 14.8 Å². The van der Waals surface area contributed by atoms with Crippen molar-refractivity contribution in [3.8, 4) is 22.4 Å². The summed E-state index contributed by atoms with van der Waals surface area (Å²) in [6.07, 6.45) is 9.15. The smallest absolute Gasteiger partial charge is 0.164 e. The van der Waals surface area contributed by atoms with Crippen LogP contribution >= 0.6 is 0 Å². The van der Waals surface area contributed by atoms with Gasteiger partial charge in [0.05, 0.1) is 0 Å². The third kappa shape index (κ3) is 7.43. The van der Waals surface area contributed by atoms with Gasteiger partial charge in [-0.25, -0.2) is 0 Å². The van der Waals surface area contributed by atoms with Crippen molar-refractivity contribution < 1.29 is 30.0 Å². The van der Waals surface area contributed by atoms with Gasteiger partial charge in [0, 0.05) is 61.3 Å². The summed E-state index contributed by atoms with van der Waals surface area (Å²) < 4.78 is 0. The molecule has 1 N–H and O–H groups in total. The average Bonchev–Trinajstić information content (AvgIpc) is 2.90. The number of aromatic nitrogens is 2. The number of pyridine rings is 2. The molecule has 0 spiro atoms. The number of aliphatic hydroxyl groups excluding tert-OH is 1. The van der Waals surface area contributed by atoms with E-state index in [1.165, 1.54) is 39.3 Å². The predicted octanol–water partition coefficient (Wildman–Crippen LogP) is 9.25. The van der Waals surface area contributed by atoms with Crippen molar-refractivity contribution in [3.63, 3.8) is 0 Å². The first-order chi connectivity index (χ1) is 19.1. The average molecular weight is 740 g/mol. The van der Waals surface area contributed by atoms with Crippen LogP contribution in [-0.2, 0) is 43.2 Å². The van der Waals surface area contributed by atoms with Crippen LogP contribution in [0.2, 0.25) is 0 Å². The molecule has 0 saturated carbocycles. The Morgan fingerprint density at radius 1 is 0.881 bits per heavy atom. The molecule has 5 heteroatoms. The fourth-order valence-corrected chi connectivity index (χ4v) is 4.91. The first-order valence-electron chi connectivity index (χ1n) is 14.4. The van der Waals surface area contributed by atoms with Gasteiger partial charge < -0.3 is 5.11 Å². The molecule has 223 valence electrons. The number of hydrogen-bond donors (Lipinski definition) is 1. The van der Waals surface area contributed by atoms with Crippen LogP contribution in [0.1, 0.15) is 79.0 Å². The Bertz CT molecular complexity index is 1620. The van der Waals surface area contributed by atoms with E-state index >= 15 is 0 Å². The van der Waals surface area contributed by atoms with Crippen molar-refractivity contribution in [2.24, 2.45) is 10.8 Å². The zero-order valence-corrected chi connectivity index (χ0v) is 28.7. The summed E-state index contributed by atoms with van der Waals surface area (Å²) in [6.45, 7) is 17.9. The van der Waals surface area contributed by atoms with Crippen LogP contribution in [0.5, 0.6) is 0 Å². The standard InChI is InChI=1S/C26H23N2.C11H20O2.Ir/c1-26(2,3)24-15-19(14-17-6-4-5-7-21(17)24)25-23-9-8-18-16-27-12-10-20(18)22(23)11-13-28-25;1-10(2,3)8(12)7-9(13)11(4,5)6;/h4-7,10-13,15-16H,8-9H2,1-3H3;7,12H,1-6H3;/q-1;;/b;8-7-;. The van der Waals surface area contributed by atoms with Gasteiger partial charge in [0.15, 0.2) is 5.78 Å². The second-order valence-electron chi connectivity index (χ2n) is 14.0. The van der Waals surface area contributed by atoms with Crippen LogP contribution < -0.4 is 0 Å². The molecule has 0 amide bonds. The first-order valence-corrected chi connectivity index (χ1v) is 14.4. The Labute approximate surface area is 265 Å². The monoisotopic (exact) mass is 740 g/mol. The van der Waals surface area contributed by atoms with Crippen molar-refractivity contribution >= 4 is 16.6 Å². The Hall–Kier alpha value is -3.14. The van der Waals surface area contributed by atoms with E-state index in [9.17, 15) is 9.90 Å². The summed E-state index contributed by atoms with van der Waals surface area (Å²) in [5.74, 6) is 0.104. The zero-order chi connectivity index (χ0) is 30.2. The third-order valence-electron chi connectivity index (χ3n) is 7.51. The summed E-state index contributed by atoms with van der Waals surface area (Å²) in [5.41, 5.74) is 8.02. The van der Waals surface area contributed by atoms with E-state index in [2.05, 4.69) is 74.3 Å². The van der Waals surface area contributed by atoms with Crippen LogP contribution in [0, 0.1) is 16.9 Å². The van der Waals surface area contributed by atoms with E-state index in [0.29, 0.717) is 0 Å². The van der Waals surface area contributed by atoms with E-state index in [0.717, 1.165) is 29.5 Å². The largest absolute Gasteiger partial charge is 0.512 e. The maximum absolute atomic E-state index is 11.5. The number of hydrogen-bond acceptors (Lipinski definition) is 4. The Morgan fingerprint density at radius 3 is 2.19 bits per heavy atom. The molecule has 2 heterocycles. The minimum absolute atomic E-state index is 0. The summed E-state index contributed by atoms with van der Waals surface area (Å²) in [5, 5.41) is 12.0. The molecule has 2 aromatic heterocycles. The van der Waals surface area contributed by atoms with Gasteiger partial charge in [-0.1, -0.05) is 91.5 Å². The number of nitrogens with zero attached hydrogens (tertiary/aromatic N) is 2. The molecule has 4 nitrogen and oxygen atoms in total. The van der Waals surface area contributed by atoms with Gasteiger partial charge in [0.1, 0.15) is 5.76 Å². The molecule has 4 aromatic rings. The molecule has 42 heavy (non-hydrogen) atoms. The van der Waals surface area contributed by atoms with Crippen molar-refractivity contribution in [1.82, 2.24) is 9.97 Å². The summed E-state index contributed by atoms with van der Waals surface area (Å²) in [7, 11) is 0. The molecule has 0 fully saturated rings. The van der Waals surface area contributed by atoms with Gasteiger partial charge in [-0.15, -0.1) is 29.1 Å². The molecular weight excluding hydrogens is 697 g/mol. The van der Waals surface area contributed by atoms with Crippen LogP contribution in [0.4, 0.5) is 0 Å². The Balaban J connectivity index is 0.000000297. The second kappa shape index (κ2) is 12.6. The van der Waals surface area contributed by atoms with Gasteiger partial charge in [0.25, 0.3) is 0 Å². The fourth-order valence-electron chi connectivity index (χ4n) is 4.91. The molecule has 0 unspecified atom stereocenters. The minimum Gasteiger partial charge on any atom is -0.512 e. The zero-order valence-electron chi connectivity index (χ0n) is 26.3. The molecule has 0 bridgehead atoms. The van der Waals surface area contributed by atoms with E-state index in [1.807, 2.05) is 60.1 Å². The second-order valence-corrected chi connectivity index (χ2v) is 14.0. The number of aryl methyl sites for hydroxylation is 1. The predicted molar refractivity (Wildman–Crippen MR) is 170 cm³/mol. The number of benzene rings is 2. The third-order valence-corrected chi connectivity index (χ3v) is 7.51. The Kier molecular flexibility index (Phi) is 10.0. The molecule has 1 aliphatic rings. The molecule has 0 atom stereocenters. The number of ketones is 1. The van der Waals surface area contributed by atoms with Crippen LogP contribution in [0.15, 0.2) is 72.9 Å². The minimum atomic E-state index is -0.417. The molecule has 1 radical (unpaired) electrons. The van der Waals surface area contributed by atoms with Crippen LogP contribution in [0.3, 0.4) is 0 Å². The number of allylic oxidation sites excluding steroid dienone is 2. The van der Waals surface area contributed by atoms with Gasteiger partial charge in [-0.05, 0) is 52.6 Å². The molecule has 0 saturated heterocycles. The molecule has 5 rings (SSSR count). The van der Waals surface area contributed by atoms with Crippen molar-refractivity contribution in [2.75, 3.05) is 0 Å². The SMILES string of the molecule is CC(C)(C)C(=O)/C=C(\O)C(C)(C)C.CC(C)(C)c1cc(-c2nccc3c2CCc2cnccc2-3)[c-]c2ccccc12.[Ir]. The van der Waals surface area contributed by atoms with Crippen molar-refractivity contribution in [2.45, 2.75) is 80.6 Å². The van der Waals surface area contributed by atoms with Gasteiger partial charge in [-0.2, -0.15) is 0 Å².